The van der Waals surface area contributed by atoms with Crippen molar-refractivity contribution in [1.29, 1.82) is 0 Å². The minimum Gasteiger partial charge on any atom is -0.497 e. The van der Waals surface area contributed by atoms with Gasteiger partial charge >= 0.3 is 5.97 Å². The summed E-state index contributed by atoms with van der Waals surface area (Å²) in [6, 6.07) is 13.8. The second-order valence-corrected chi connectivity index (χ2v) is 6.32. The fraction of sp³-hybridized carbons (Fsp3) is 0.333. The van der Waals surface area contributed by atoms with Gasteiger partial charge in [-0.3, -0.25) is 4.79 Å². The lowest BCUT2D eigenvalue weighted by molar-refractivity contribution is -0.123. The molecule has 1 N–H and O–H groups in total. The van der Waals surface area contributed by atoms with Gasteiger partial charge in [0.15, 0.2) is 6.10 Å². The first-order valence-electron chi connectivity index (χ1n) is 8.75. The van der Waals surface area contributed by atoms with E-state index in [1.54, 1.807) is 55.6 Å². The zero-order valence-electron chi connectivity index (χ0n) is 16.0. The number of hydrogen-bond donors (Lipinski definition) is 1. The molecule has 27 heavy (non-hydrogen) atoms. The summed E-state index contributed by atoms with van der Waals surface area (Å²) >= 11 is 0. The number of benzene rings is 2. The van der Waals surface area contributed by atoms with Gasteiger partial charge in [0.05, 0.1) is 25.4 Å². The highest BCUT2D eigenvalue weighted by Crippen LogP contribution is 2.16. The molecule has 6 heteroatoms. The number of nitrogens with one attached hydrogen (secondary N) is 1. The van der Waals surface area contributed by atoms with E-state index < -0.39 is 18.0 Å². The molecular formula is C21H25NO5. The topological polar surface area (TPSA) is 73.9 Å². The molecule has 0 aliphatic heterocycles. The molecule has 2 aromatic rings. The number of methoxy groups -OCH3 is 1. The van der Waals surface area contributed by atoms with Crippen LogP contribution >= 0.6 is 0 Å². The van der Waals surface area contributed by atoms with Gasteiger partial charge in [-0.05, 0) is 62.7 Å². The molecule has 0 fully saturated rings. The maximum Gasteiger partial charge on any atom is 0.338 e. The first-order valence-corrected chi connectivity index (χ1v) is 8.75. The Morgan fingerprint density at radius 1 is 0.963 bits per heavy atom. The summed E-state index contributed by atoms with van der Waals surface area (Å²) in [5.74, 6) is -0.270. The molecule has 0 heterocycles. The van der Waals surface area contributed by atoms with E-state index in [-0.39, 0.29) is 6.10 Å². The minimum absolute atomic E-state index is 0.139. The second-order valence-electron chi connectivity index (χ2n) is 6.32. The second kappa shape index (κ2) is 9.73. The van der Waals surface area contributed by atoms with Gasteiger partial charge in [0, 0.05) is 5.69 Å². The monoisotopic (exact) mass is 371 g/mol. The summed E-state index contributed by atoms with van der Waals surface area (Å²) in [7, 11) is 1.57. The van der Waals surface area contributed by atoms with Crippen LogP contribution in [0, 0.1) is 0 Å². The summed E-state index contributed by atoms with van der Waals surface area (Å²) in [5.41, 5.74) is 1.94. The molecule has 0 aliphatic rings. The standard InChI is InChI=1S/C21H25NO5/c1-14(2)26-13-16-5-7-17(8-6-16)21(24)27-15(3)20(23)22-18-9-11-19(25-4)12-10-18/h5-12,14-15H,13H2,1-4H3,(H,22,23)/t15-/m1/s1. The molecule has 0 unspecified atom stereocenters. The van der Waals surface area contributed by atoms with Crippen molar-refractivity contribution in [2.24, 2.45) is 0 Å². The van der Waals surface area contributed by atoms with Crippen molar-refractivity contribution in [3.05, 3.63) is 59.7 Å². The molecule has 144 valence electrons. The van der Waals surface area contributed by atoms with E-state index in [1.807, 2.05) is 13.8 Å². The quantitative estimate of drug-likeness (QED) is 0.715. The number of hydrogen-bond acceptors (Lipinski definition) is 5. The van der Waals surface area contributed by atoms with Crippen molar-refractivity contribution >= 4 is 17.6 Å². The Morgan fingerprint density at radius 3 is 2.15 bits per heavy atom. The maximum absolute atomic E-state index is 12.2. The molecule has 0 saturated heterocycles. The van der Waals surface area contributed by atoms with Crippen molar-refractivity contribution < 1.29 is 23.8 Å². The van der Waals surface area contributed by atoms with Crippen LogP contribution in [0.2, 0.25) is 0 Å². The first kappa shape index (κ1) is 20.5. The van der Waals surface area contributed by atoms with Gasteiger partial charge < -0.3 is 19.5 Å². The highest BCUT2D eigenvalue weighted by Gasteiger charge is 2.19. The molecule has 0 bridgehead atoms. The number of esters is 1. The molecule has 0 saturated carbocycles. The van der Waals surface area contributed by atoms with Crippen LogP contribution in [0.15, 0.2) is 48.5 Å². The summed E-state index contributed by atoms with van der Waals surface area (Å²) in [6.45, 7) is 5.93. The molecule has 0 spiro atoms. The van der Waals surface area contributed by atoms with Crippen LogP contribution in [0.5, 0.6) is 5.75 Å². The lowest BCUT2D eigenvalue weighted by Crippen LogP contribution is -2.30. The SMILES string of the molecule is COc1ccc(NC(=O)[C@@H](C)OC(=O)c2ccc(COC(C)C)cc2)cc1. The number of anilines is 1. The molecule has 0 radical (unpaired) electrons. The van der Waals surface area contributed by atoms with Crippen LogP contribution in [0.3, 0.4) is 0 Å². The highest BCUT2D eigenvalue weighted by molar-refractivity contribution is 5.97. The van der Waals surface area contributed by atoms with Gasteiger partial charge in [0.2, 0.25) is 0 Å². The average molecular weight is 371 g/mol. The predicted octanol–water partition coefficient (Wildman–Crippen LogP) is 3.80. The van der Waals surface area contributed by atoms with Crippen LogP contribution in [0.25, 0.3) is 0 Å². The van der Waals surface area contributed by atoms with Crippen molar-refractivity contribution in [2.45, 2.75) is 39.6 Å². The predicted molar refractivity (Wildman–Crippen MR) is 103 cm³/mol. The van der Waals surface area contributed by atoms with E-state index in [2.05, 4.69) is 5.32 Å². The van der Waals surface area contributed by atoms with Gasteiger partial charge in [-0.2, -0.15) is 0 Å². The molecule has 1 amide bonds. The zero-order chi connectivity index (χ0) is 19.8. The molecule has 1 atom stereocenters. The van der Waals surface area contributed by atoms with Crippen LogP contribution in [-0.2, 0) is 20.9 Å². The van der Waals surface area contributed by atoms with Crippen molar-refractivity contribution in [3.63, 3.8) is 0 Å². The summed E-state index contributed by atoms with van der Waals surface area (Å²) < 4.78 is 15.8. The van der Waals surface area contributed by atoms with E-state index in [1.165, 1.54) is 6.92 Å². The van der Waals surface area contributed by atoms with Gasteiger partial charge in [-0.15, -0.1) is 0 Å². The van der Waals surface area contributed by atoms with Crippen LogP contribution < -0.4 is 10.1 Å². The summed E-state index contributed by atoms with van der Waals surface area (Å²) in [5, 5.41) is 2.70. The number of amides is 1. The van der Waals surface area contributed by atoms with E-state index >= 15 is 0 Å². The normalized spacial score (nSPS) is 11.7. The van der Waals surface area contributed by atoms with E-state index in [0.29, 0.717) is 23.6 Å². The third-order valence-corrected chi connectivity index (χ3v) is 3.78. The number of carbonyl (C=O) groups excluding carboxylic acids is 2. The Balaban J connectivity index is 1.88. The average Bonchev–Trinajstić information content (AvgIpc) is 2.67. The molecule has 0 aliphatic carbocycles. The van der Waals surface area contributed by atoms with Gasteiger partial charge in [-0.1, -0.05) is 12.1 Å². The lowest BCUT2D eigenvalue weighted by Gasteiger charge is -2.14. The Labute approximate surface area is 159 Å². The third kappa shape index (κ3) is 6.42. The fourth-order valence-corrected chi connectivity index (χ4v) is 2.20. The van der Waals surface area contributed by atoms with Crippen molar-refractivity contribution in [1.82, 2.24) is 0 Å². The van der Waals surface area contributed by atoms with Gasteiger partial charge in [0.1, 0.15) is 5.75 Å². The largest absolute Gasteiger partial charge is 0.497 e. The van der Waals surface area contributed by atoms with Gasteiger partial charge in [0.25, 0.3) is 5.91 Å². The van der Waals surface area contributed by atoms with Gasteiger partial charge in [-0.25, -0.2) is 4.79 Å². The smallest absolute Gasteiger partial charge is 0.338 e. The van der Waals surface area contributed by atoms with Crippen molar-refractivity contribution in [2.75, 3.05) is 12.4 Å². The molecule has 0 aromatic heterocycles. The van der Waals surface area contributed by atoms with Crippen molar-refractivity contribution in [3.8, 4) is 5.75 Å². The fourth-order valence-electron chi connectivity index (χ4n) is 2.20. The van der Waals surface area contributed by atoms with Crippen LogP contribution in [0.4, 0.5) is 5.69 Å². The first-order chi connectivity index (χ1) is 12.9. The van der Waals surface area contributed by atoms with E-state index in [9.17, 15) is 9.59 Å². The molecule has 2 rings (SSSR count). The summed E-state index contributed by atoms with van der Waals surface area (Å²) in [6.07, 6.45) is -0.789. The Bertz CT molecular complexity index is 753. The lowest BCUT2D eigenvalue weighted by atomic mass is 10.1. The number of carbonyl (C=O) groups is 2. The minimum atomic E-state index is -0.927. The molecule has 6 nitrogen and oxygen atoms in total. The van der Waals surface area contributed by atoms with Crippen LogP contribution in [-0.4, -0.2) is 31.2 Å². The highest BCUT2D eigenvalue weighted by atomic mass is 16.5. The summed E-state index contributed by atoms with van der Waals surface area (Å²) in [4.78, 5) is 24.4. The maximum atomic E-state index is 12.2. The zero-order valence-corrected chi connectivity index (χ0v) is 16.0. The Morgan fingerprint density at radius 2 is 1.59 bits per heavy atom. The molecule has 2 aromatic carbocycles. The number of ether oxygens (including phenoxy) is 3. The van der Waals surface area contributed by atoms with Crippen LogP contribution in [0.1, 0.15) is 36.7 Å². The number of rotatable bonds is 8. The Hall–Kier alpha value is -2.86. The van der Waals surface area contributed by atoms with E-state index in [0.717, 1.165) is 5.56 Å². The molecular weight excluding hydrogens is 346 g/mol. The Kier molecular flexibility index (Phi) is 7.37. The van der Waals surface area contributed by atoms with E-state index in [4.69, 9.17) is 14.2 Å². The third-order valence-electron chi connectivity index (χ3n) is 3.78.